The van der Waals surface area contributed by atoms with Gasteiger partial charge in [-0.25, -0.2) is 8.42 Å². The number of nitrogens with one attached hydrogen (secondary N) is 1. The zero-order valence-corrected chi connectivity index (χ0v) is 24.3. The van der Waals surface area contributed by atoms with Gasteiger partial charge in [0.1, 0.15) is 18.3 Å². The van der Waals surface area contributed by atoms with E-state index in [0.29, 0.717) is 16.3 Å². The van der Waals surface area contributed by atoms with E-state index in [-0.39, 0.29) is 29.1 Å². The summed E-state index contributed by atoms with van der Waals surface area (Å²) in [5.74, 6) is -0.629. The van der Waals surface area contributed by atoms with Crippen LogP contribution in [-0.4, -0.2) is 50.9 Å². The van der Waals surface area contributed by atoms with E-state index in [2.05, 4.69) is 5.32 Å². The molecular formula is C29H34ClN3O5S. The number of halogens is 1. The van der Waals surface area contributed by atoms with Gasteiger partial charge in [0.2, 0.25) is 11.8 Å². The Balaban J connectivity index is 2.09. The van der Waals surface area contributed by atoms with E-state index >= 15 is 0 Å². The molecule has 0 saturated heterocycles. The van der Waals surface area contributed by atoms with Crippen LogP contribution in [0, 0.1) is 6.92 Å². The van der Waals surface area contributed by atoms with Crippen molar-refractivity contribution in [3.63, 3.8) is 0 Å². The average molecular weight is 572 g/mol. The van der Waals surface area contributed by atoms with Crippen molar-refractivity contribution in [2.45, 2.75) is 51.2 Å². The van der Waals surface area contributed by atoms with Gasteiger partial charge in [-0.1, -0.05) is 48.0 Å². The monoisotopic (exact) mass is 571 g/mol. The SMILES string of the molecule is COc1ccc(C)cc1N(CC(=O)N(Cc1cccc(Cl)c1)[C@H](C)C(=O)NC(C)C)S(=O)(=O)c1ccccc1. The number of methoxy groups -OCH3 is 1. The molecule has 0 radical (unpaired) electrons. The molecule has 0 saturated carbocycles. The summed E-state index contributed by atoms with van der Waals surface area (Å²) in [4.78, 5) is 28.4. The number of hydrogen-bond donors (Lipinski definition) is 1. The highest BCUT2D eigenvalue weighted by Gasteiger charge is 2.34. The van der Waals surface area contributed by atoms with E-state index in [1.165, 1.54) is 24.1 Å². The van der Waals surface area contributed by atoms with Crippen molar-refractivity contribution < 1.29 is 22.7 Å². The molecule has 10 heteroatoms. The Bertz CT molecular complexity index is 1410. The first-order valence-corrected chi connectivity index (χ1v) is 14.3. The predicted molar refractivity (Wildman–Crippen MR) is 153 cm³/mol. The van der Waals surface area contributed by atoms with Crippen molar-refractivity contribution in [2.24, 2.45) is 0 Å². The topological polar surface area (TPSA) is 96.0 Å². The van der Waals surface area contributed by atoms with Gasteiger partial charge >= 0.3 is 0 Å². The van der Waals surface area contributed by atoms with Crippen LogP contribution in [0.15, 0.2) is 77.7 Å². The number of nitrogens with zero attached hydrogens (tertiary/aromatic N) is 2. The maximum absolute atomic E-state index is 14.0. The largest absolute Gasteiger partial charge is 0.495 e. The molecule has 0 aliphatic carbocycles. The third-order valence-corrected chi connectivity index (χ3v) is 8.06. The first kappa shape index (κ1) is 30.0. The Morgan fingerprint density at radius 3 is 2.28 bits per heavy atom. The molecule has 1 atom stereocenters. The minimum absolute atomic E-state index is 0.0216. The standard InChI is InChI=1S/C29H34ClN3O5S/c1-20(2)31-29(35)22(4)32(18-23-10-9-11-24(30)17-23)28(34)19-33(26-16-21(3)14-15-27(26)38-5)39(36,37)25-12-7-6-8-13-25/h6-17,20,22H,18-19H2,1-5H3,(H,31,35)/t22-/m1/s1. The summed E-state index contributed by atoms with van der Waals surface area (Å²) >= 11 is 6.17. The molecule has 0 fully saturated rings. The zero-order valence-electron chi connectivity index (χ0n) is 22.7. The highest BCUT2D eigenvalue weighted by Crippen LogP contribution is 2.33. The second kappa shape index (κ2) is 13.0. The summed E-state index contributed by atoms with van der Waals surface area (Å²) in [5, 5.41) is 3.31. The van der Waals surface area contributed by atoms with Crippen LogP contribution in [-0.2, 0) is 26.2 Å². The molecule has 3 aromatic carbocycles. The fourth-order valence-electron chi connectivity index (χ4n) is 4.05. The van der Waals surface area contributed by atoms with Crippen molar-refractivity contribution in [1.82, 2.24) is 10.2 Å². The second-order valence-corrected chi connectivity index (χ2v) is 11.8. The van der Waals surface area contributed by atoms with Crippen LogP contribution >= 0.6 is 11.6 Å². The quantitative estimate of drug-likeness (QED) is 0.357. The van der Waals surface area contributed by atoms with Crippen molar-refractivity contribution in [3.05, 3.63) is 88.9 Å². The molecular weight excluding hydrogens is 538 g/mol. The average Bonchev–Trinajstić information content (AvgIpc) is 2.90. The van der Waals surface area contributed by atoms with E-state index in [1.54, 1.807) is 67.6 Å². The van der Waals surface area contributed by atoms with Crippen molar-refractivity contribution in [1.29, 1.82) is 0 Å². The molecule has 39 heavy (non-hydrogen) atoms. The van der Waals surface area contributed by atoms with Gasteiger partial charge in [-0.2, -0.15) is 0 Å². The third-order valence-electron chi connectivity index (χ3n) is 6.05. The van der Waals surface area contributed by atoms with Gasteiger partial charge < -0.3 is 15.0 Å². The zero-order chi connectivity index (χ0) is 28.7. The molecule has 0 bridgehead atoms. The molecule has 2 amide bonds. The molecule has 1 N–H and O–H groups in total. The van der Waals surface area contributed by atoms with Gasteiger partial charge in [-0.05, 0) is 75.2 Å². The number of amides is 2. The molecule has 0 heterocycles. The maximum atomic E-state index is 14.0. The Labute approximate surface area is 235 Å². The van der Waals surface area contributed by atoms with E-state index in [4.69, 9.17) is 16.3 Å². The first-order chi connectivity index (χ1) is 18.4. The lowest BCUT2D eigenvalue weighted by molar-refractivity contribution is -0.139. The van der Waals surface area contributed by atoms with Gasteiger partial charge in [-0.15, -0.1) is 0 Å². The maximum Gasteiger partial charge on any atom is 0.264 e. The van der Waals surface area contributed by atoms with Gasteiger partial charge in [0.15, 0.2) is 0 Å². The number of carbonyl (C=O) groups excluding carboxylic acids is 2. The number of aryl methyl sites for hydroxylation is 1. The normalized spacial score (nSPS) is 12.1. The number of sulfonamides is 1. The lowest BCUT2D eigenvalue weighted by Gasteiger charge is -2.32. The van der Waals surface area contributed by atoms with Crippen LogP contribution in [0.1, 0.15) is 31.9 Å². The number of carbonyl (C=O) groups is 2. The van der Waals surface area contributed by atoms with E-state index in [0.717, 1.165) is 9.87 Å². The Morgan fingerprint density at radius 1 is 0.974 bits per heavy atom. The highest BCUT2D eigenvalue weighted by molar-refractivity contribution is 7.92. The Morgan fingerprint density at radius 2 is 1.67 bits per heavy atom. The predicted octanol–water partition coefficient (Wildman–Crippen LogP) is 4.79. The summed E-state index contributed by atoms with van der Waals surface area (Å²) in [5.41, 5.74) is 1.70. The van der Waals surface area contributed by atoms with E-state index in [9.17, 15) is 18.0 Å². The van der Waals surface area contributed by atoms with Gasteiger partial charge in [-0.3, -0.25) is 13.9 Å². The number of benzene rings is 3. The van der Waals surface area contributed by atoms with Gasteiger partial charge in [0.25, 0.3) is 10.0 Å². The second-order valence-electron chi connectivity index (χ2n) is 9.49. The van der Waals surface area contributed by atoms with E-state index < -0.39 is 28.5 Å². The highest BCUT2D eigenvalue weighted by atomic mass is 35.5. The van der Waals surface area contributed by atoms with Crippen molar-refractivity contribution >= 4 is 39.1 Å². The fraction of sp³-hybridized carbons (Fsp3) is 0.310. The third kappa shape index (κ3) is 7.52. The Hall–Kier alpha value is -3.56. The van der Waals surface area contributed by atoms with Crippen LogP contribution in [0.3, 0.4) is 0 Å². The molecule has 3 rings (SSSR count). The fourth-order valence-corrected chi connectivity index (χ4v) is 5.70. The number of hydrogen-bond acceptors (Lipinski definition) is 5. The molecule has 0 aromatic heterocycles. The Kier molecular flexibility index (Phi) is 9.99. The molecule has 0 aliphatic heterocycles. The lowest BCUT2D eigenvalue weighted by atomic mass is 10.1. The number of anilines is 1. The molecule has 0 spiro atoms. The summed E-state index contributed by atoms with van der Waals surface area (Å²) in [6.07, 6.45) is 0. The van der Waals surface area contributed by atoms with Crippen LogP contribution in [0.2, 0.25) is 5.02 Å². The summed E-state index contributed by atoms with van der Waals surface area (Å²) < 4.78 is 34.4. The van der Waals surface area contributed by atoms with Crippen LogP contribution in [0.25, 0.3) is 0 Å². The first-order valence-electron chi connectivity index (χ1n) is 12.5. The van der Waals surface area contributed by atoms with Gasteiger partial charge in [0.05, 0.1) is 17.7 Å². The van der Waals surface area contributed by atoms with E-state index in [1.807, 2.05) is 20.8 Å². The molecule has 8 nitrogen and oxygen atoms in total. The minimum atomic E-state index is -4.19. The van der Waals surface area contributed by atoms with Crippen molar-refractivity contribution in [3.8, 4) is 5.75 Å². The van der Waals surface area contributed by atoms with Crippen LogP contribution in [0.5, 0.6) is 5.75 Å². The van der Waals surface area contributed by atoms with Crippen LogP contribution in [0.4, 0.5) is 5.69 Å². The molecule has 0 unspecified atom stereocenters. The summed E-state index contributed by atoms with van der Waals surface area (Å²) in [6.45, 7) is 6.58. The molecule has 208 valence electrons. The lowest BCUT2D eigenvalue weighted by Crippen LogP contribution is -2.52. The minimum Gasteiger partial charge on any atom is -0.495 e. The van der Waals surface area contributed by atoms with Gasteiger partial charge in [0, 0.05) is 17.6 Å². The van der Waals surface area contributed by atoms with Crippen molar-refractivity contribution in [2.75, 3.05) is 18.0 Å². The van der Waals surface area contributed by atoms with Crippen LogP contribution < -0.4 is 14.4 Å². The summed E-state index contributed by atoms with van der Waals surface area (Å²) in [6, 6.07) is 18.9. The summed E-state index contributed by atoms with van der Waals surface area (Å²) in [7, 11) is -2.75. The number of rotatable bonds is 11. The smallest absolute Gasteiger partial charge is 0.264 e. The molecule has 3 aromatic rings. The number of ether oxygens (including phenoxy) is 1. The molecule has 0 aliphatic rings.